The lowest BCUT2D eigenvalue weighted by Crippen LogP contribution is -2.36. The number of nitrogens with zero attached hydrogens (tertiary/aromatic N) is 1. The second kappa shape index (κ2) is 8.08. The van der Waals surface area contributed by atoms with Crippen molar-refractivity contribution < 1.29 is 9.53 Å². The van der Waals surface area contributed by atoms with Crippen molar-refractivity contribution in [2.24, 2.45) is 0 Å². The van der Waals surface area contributed by atoms with Crippen molar-refractivity contribution in [3.05, 3.63) is 20.2 Å². The number of thiazole rings is 1. The van der Waals surface area contributed by atoms with E-state index in [0.29, 0.717) is 19.7 Å². The van der Waals surface area contributed by atoms with Gasteiger partial charge in [0.05, 0.1) is 6.61 Å². The molecule has 108 valence electrons. The SMILES string of the molecule is COCCNCCNC(=O)Cn1c(C)c(C)sc1=O. The summed E-state index contributed by atoms with van der Waals surface area (Å²) in [6.07, 6.45) is 0. The van der Waals surface area contributed by atoms with Crippen LogP contribution in [0.15, 0.2) is 4.79 Å². The van der Waals surface area contributed by atoms with Gasteiger partial charge >= 0.3 is 4.87 Å². The highest BCUT2D eigenvalue weighted by molar-refractivity contribution is 7.09. The van der Waals surface area contributed by atoms with E-state index >= 15 is 0 Å². The van der Waals surface area contributed by atoms with Gasteiger partial charge in [-0.1, -0.05) is 11.3 Å². The van der Waals surface area contributed by atoms with Gasteiger partial charge < -0.3 is 15.4 Å². The standard InChI is InChI=1S/C12H21N3O3S/c1-9-10(2)19-12(17)15(9)8-11(16)14-5-4-13-6-7-18-3/h13H,4-8H2,1-3H3,(H,14,16). The van der Waals surface area contributed by atoms with Gasteiger partial charge in [-0.15, -0.1) is 0 Å². The molecule has 0 aromatic carbocycles. The van der Waals surface area contributed by atoms with Crippen LogP contribution in [0.2, 0.25) is 0 Å². The predicted octanol–water partition coefficient (Wildman–Crippen LogP) is -0.121. The highest BCUT2D eigenvalue weighted by Gasteiger charge is 2.10. The van der Waals surface area contributed by atoms with Gasteiger partial charge in [0, 0.05) is 37.3 Å². The predicted molar refractivity (Wildman–Crippen MR) is 75.8 cm³/mol. The van der Waals surface area contributed by atoms with Crippen molar-refractivity contribution in [1.82, 2.24) is 15.2 Å². The van der Waals surface area contributed by atoms with Crippen molar-refractivity contribution >= 4 is 17.2 Å². The average molecular weight is 287 g/mol. The number of hydrogen-bond donors (Lipinski definition) is 2. The molecule has 1 aromatic rings. The summed E-state index contributed by atoms with van der Waals surface area (Å²) in [6, 6.07) is 0. The van der Waals surface area contributed by atoms with Gasteiger partial charge in [0.25, 0.3) is 0 Å². The summed E-state index contributed by atoms with van der Waals surface area (Å²) < 4.78 is 6.40. The molecule has 1 amide bonds. The fraction of sp³-hybridized carbons (Fsp3) is 0.667. The number of hydrogen-bond acceptors (Lipinski definition) is 5. The Kier molecular flexibility index (Phi) is 6.75. The molecule has 1 heterocycles. The molecule has 0 radical (unpaired) electrons. The first-order chi connectivity index (χ1) is 9.06. The number of aromatic nitrogens is 1. The molecule has 0 unspecified atom stereocenters. The Hall–Kier alpha value is -1.18. The number of carbonyl (C=O) groups is 1. The monoisotopic (exact) mass is 287 g/mol. The van der Waals surface area contributed by atoms with Crippen LogP contribution in [0.1, 0.15) is 10.6 Å². The van der Waals surface area contributed by atoms with Gasteiger partial charge in [-0.2, -0.15) is 0 Å². The third-order valence-corrected chi connectivity index (χ3v) is 3.78. The summed E-state index contributed by atoms with van der Waals surface area (Å²) in [5.41, 5.74) is 0.864. The quantitative estimate of drug-likeness (QED) is 0.654. The number of nitrogens with one attached hydrogen (secondary N) is 2. The lowest BCUT2D eigenvalue weighted by molar-refractivity contribution is -0.121. The third kappa shape index (κ3) is 5.14. The Morgan fingerprint density at radius 3 is 2.63 bits per heavy atom. The summed E-state index contributed by atoms with van der Waals surface area (Å²) in [6.45, 7) is 6.46. The Balaban J connectivity index is 2.30. The molecule has 7 heteroatoms. The molecule has 0 saturated heterocycles. The minimum absolute atomic E-state index is 0.0802. The highest BCUT2D eigenvalue weighted by Crippen LogP contribution is 2.08. The molecule has 1 aromatic heterocycles. The zero-order valence-corrected chi connectivity index (χ0v) is 12.4. The summed E-state index contributed by atoms with van der Waals surface area (Å²) in [5, 5.41) is 5.90. The molecular formula is C12H21N3O3S. The average Bonchev–Trinajstić information content (AvgIpc) is 2.60. The van der Waals surface area contributed by atoms with Gasteiger partial charge in [-0.3, -0.25) is 14.2 Å². The fourth-order valence-electron chi connectivity index (χ4n) is 1.56. The molecule has 0 aliphatic heterocycles. The molecular weight excluding hydrogens is 266 g/mol. The molecule has 19 heavy (non-hydrogen) atoms. The van der Waals surface area contributed by atoms with E-state index in [-0.39, 0.29) is 17.3 Å². The van der Waals surface area contributed by atoms with E-state index in [1.807, 2.05) is 13.8 Å². The summed E-state index contributed by atoms with van der Waals surface area (Å²) in [7, 11) is 1.65. The summed E-state index contributed by atoms with van der Waals surface area (Å²) in [4.78, 5) is 24.2. The van der Waals surface area contributed by atoms with Crippen LogP contribution >= 0.6 is 11.3 Å². The summed E-state index contributed by atoms with van der Waals surface area (Å²) in [5.74, 6) is -0.142. The van der Waals surface area contributed by atoms with Crippen LogP contribution in [0.3, 0.4) is 0 Å². The second-order valence-corrected chi connectivity index (χ2v) is 5.35. The van der Waals surface area contributed by atoms with E-state index in [4.69, 9.17) is 4.74 Å². The molecule has 0 aliphatic rings. The van der Waals surface area contributed by atoms with Gasteiger partial charge in [0.2, 0.25) is 5.91 Å². The van der Waals surface area contributed by atoms with Crippen LogP contribution in [-0.2, 0) is 16.1 Å². The first kappa shape index (κ1) is 15.9. The molecule has 0 saturated carbocycles. The van der Waals surface area contributed by atoms with Gasteiger partial charge in [-0.25, -0.2) is 0 Å². The van der Waals surface area contributed by atoms with E-state index in [2.05, 4.69) is 10.6 Å². The lowest BCUT2D eigenvalue weighted by atomic mass is 10.4. The number of carbonyl (C=O) groups excluding carboxylic acids is 1. The molecule has 0 spiro atoms. The maximum Gasteiger partial charge on any atom is 0.308 e. The first-order valence-corrected chi connectivity index (χ1v) is 7.01. The van der Waals surface area contributed by atoms with E-state index in [9.17, 15) is 9.59 Å². The minimum atomic E-state index is -0.142. The smallest absolute Gasteiger partial charge is 0.308 e. The molecule has 0 fully saturated rings. The van der Waals surface area contributed by atoms with Crippen LogP contribution in [0.25, 0.3) is 0 Å². The summed E-state index contributed by atoms with van der Waals surface area (Å²) >= 11 is 1.18. The highest BCUT2D eigenvalue weighted by atomic mass is 32.1. The topological polar surface area (TPSA) is 72.4 Å². The molecule has 2 N–H and O–H groups in total. The number of amides is 1. The van der Waals surface area contributed by atoms with Crippen molar-refractivity contribution in [1.29, 1.82) is 0 Å². The van der Waals surface area contributed by atoms with E-state index in [1.165, 1.54) is 15.9 Å². The zero-order chi connectivity index (χ0) is 14.3. The number of methoxy groups -OCH3 is 1. The van der Waals surface area contributed by atoms with Gasteiger partial charge in [0.1, 0.15) is 6.54 Å². The molecule has 0 aliphatic carbocycles. The third-order valence-electron chi connectivity index (χ3n) is 2.78. The maximum absolute atomic E-state index is 11.7. The number of aryl methyl sites for hydroxylation is 1. The second-order valence-electron chi connectivity index (χ2n) is 4.19. The first-order valence-electron chi connectivity index (χ1n) is 6.19. The Bertz CT molecular complexity index is 467. The normalized spacial score (nSPS) is 10.7. The molecule has 0 atom stereocenters. The van der Waals surface area contributed by atoms with Crippen molar-refractivity contribution in [2.45, 2.75) is 20.4 Å². The molecule has 1 rings (SSSR count). The Morgan fingerprint density at radius 1 is 1.32 bits per heavy atom. The Labute approximate surface area is 116 Å². The number of ether oxygens (including phenoxy) is 1. The van der Waals surface area contributed by atoms with Crippen molar-refractivity contribution in [2.75, 3.05) is 33.4 Å². The van der Waals surface area contributed by atoms with E-state index in [0.717, 1.165) is 17.1 Å². The maximum atomic E-state index is 11.7. The minimum Gasteiger partial charge on any atom is -0.383 e. The van der Waals surface area contributed by atoms with Crippen LogP contribution in [0, 0.1) is 13.8 Å². The largest absolute Gasteiger partial charge is 0.383 e. The molecule has 0 bridgehead atoms. The van der Waals surface area contributed by atoms with E-state index < -0.39 is 0 Å². The van der Waals surface area contributed by atoms with Crippen molar-refractivity contribution in [3.8, 4) is 0 Å². The van der Waals surface area contributed by atoms with E-state index in [1.54, 1.807) is 7.11 Å². The zero-order valence-electron chi connectivity index (χ0n) is 11.6. The van der Waals surface area contributed by atoms with Crippen LogP contribution in [-0.4, -0.2) is 43.8 Å². The van der Waals surface area contributed by atoms with Crippen LogP contribution < -0.4 is 15.5 Å². The van der Waals surface area contributed by atoms with Gasteiger partial charge in [-0.05, 0) is 13.8 Å². The number of rotatable bonds is 8. The Morgan fingerprint density at radius 2 is 2.05 bits per heavy atom. The lowest BCUT2D eigenvalue weighted by Gasteiger charge is -2.08. The van der Waals surface area contributed by atoms with Gasteiger partial charge in [0.15, 0.2) is 0 Å². The van der Waals surface area contributed by atoms with Crippen LogP contribution in [0.5, 0.6) is 0 Å². The molecule has 6 nitrogen and oxygen atoms in total. The fourth-order valence-corrected chi connectivity index (χ4v) is 2.39. The van der Waals surface area contributed by atoms with Crippen molar-refractivity contribution in [3.63, 3.8) is 0 Å². The van der Waals surface area contributed by atoms with Crippen LogP contribution in [0.4, 0.5) is 0 Å².